The van der Waals surface area contributed by atoms with Crippen LogP contribution in [0.4, 0.5) is 0 Å². The van der Waals surface area contributed by atoms with Gasteiger partial charge in [-0.05, 0) is 55.2 Å². The van der Waals surface area contributed by atoms with E-state index < -0.39 is 0 Å². The summed E-state index contributed by atoms with van der Waals surface area (Å²) in [6, 6.07) is 12.0. The first kappa shape index (κ1) is 14.0. The van der Waals surface area contributed by atoms with Crippen molar-refractivity contribution in [3.8, 4) is 0 Å². The Kier molecular flexibility index (Phi) is 4.20. The molecular weight excluding hydrogens is 300 g/mol. The van der Waals surface area contributed by atoms with E-state index >= 15 is 0 Å². The minimum atomic E-state index is 0.183. The van der Waals surface area contributed by atoms with Crippen LogP contribution in [0.1, 0.15) is 32.6 Å². The van der Waals surface area contributed by atoms with Crippen molar-refractivity contribution >= 4 is 21.7 Å². The molecular formula is C17H17BrO. The van der Waals surface area contributed by atoms with Crippen molar-refractivity contribution in [3.05, 3.63) is 68.7 Å². The van der Waals surface area contributed by atoms with Gasteiger partial charge in [-0.1, -0.05) is 40.2 Å². The lowest BCUT2D eigenvalue weighted by molar-refractivity contribution is 0.0992. The third kappa shape index (κ3) is 3.13. The number of hydrogen-bond donors (Lipinski definition) is 0. The Morgan fingerprint density at radius 2 is 1.63 bits per heavy atom. The Morgan fingerprint density at radius 3 is 2.21 bits per heavy atom. The second-order valence-electron chi connectivity index (χ2n) is 4.93. The molecule has 0 radical (unpaired) electrons. The van der Waals surface area contributed by atoms with Crippen LogP contribution in [0.2, 0.25) is 0 Å². The van der Waals surface area contributed by atoms with E-state index in [0.717, 1.165) is 21.2 Å². The minimum Gasteiger partial charge on any atom is -0.294 e. The molecule has 0 saturated heterocycles. The third-order valence-electron chi connectivity index (χ3n) is 3.47. The lowest BCUT2D eigenvalue weighted by atomic mass is 9.94. The molecule has 0 fully saturated rings. The average molecular weight is 317 g/mol. The van der Waals surface area contributed by atoms with Gasteiger partial charge in [-0.3, -0.25) is 4.79 Å². The number of benzene rings is 2. The summed E-state index contributed by atoms with van der Waals surface area (Å²) in [6.07, 6.45) is 0.473. The van der Waals surface area contributed by atoms with Gasteiger partial charge in [0.15, 0.2) is 5.78 Å². The van der Waals surface area contributed by atoms with E-state index in [1.54, 1.807) is 0 Å². The summed E-state index contributed by atoms with van der Waals surface area (Å²) in [6.45, 7) is 6.09. The van der Waals surface area contributed by atoms with Crippen molar-refractivity contribution in [2.75, 3.05) is 0 Å². The van der Waals surface area contributed by atoms with Gasteiger partial charge in [0.1, 0.15) is 0 Å². The zero-order valence-electron chi connectivity index (χ0n) is 11.5. The second kappa shape index (κ2) is 5.70. The monoisotopic (exact) mass is 316 g/mol. The highest BCUT2D eigenvalue weighted by Crippen LogP contribution is 2.20. The molecule has 0 aliphatic rings. The maximum absolute atomic E-state index is 12.4. The number of Topliss-reactive ketones (excluding diaryl/α,β-unsaturated/α-hetero) is 1. The van der Waals surface area contributed by atoms with Gasteiger partial charge >= 0.3 is 0 Å². The Hall–Kier alpha value is -1.41. The van der Waals surface area contributed by atoms with Crippen molar-refractivity contribution in [2.45, 2.75) is 27.2 Å². The molecule has 98 valence electrons. The zero-order chi connectivity index (χ0) is 14.0. The predicted octanol–water partition coefficient (Wildman–Crippen LogP) is 4.80. The number of halogens is 1. The van der Waals surface area contributed by atoms with Crippen LogP contribution in [0.3, 0.4) is 0 Å². The number of aryl methyl sites for hydroxylation is 3. The number of ketones is 1. The fourth-order valence-corrected chi connectivity index (χ4v) is 2.80. The first-order valence-electron chi connectivity index (χ1n) is 6.33. The van der Waals surface area contributed by atoms with E-state index in [0.29, 0.717) is 6.42 Å². The van der Waals surface area contributed by atoms with Gasteiger partial charge in [0, 0.05) is 16.5 Å². The summed E-state index contributed by atoms with van der Waals surface area (Å²) >= 11 is 3.42. The first-order valence-corrected chi connectivity index (χ1v) is 7.13. The minimum absolute atomic E-state index is 0.183. The quantitative estimate of drug-likeness (QED) is 0.743. The molecule has 0 spiro atoms. The van der Waals surface area contributed by atoms with Gasteiger partial charge in [0.05, 0.1) is 0 Å². The van der Waals surface area contributed by atoms with E-state index in [2.05, 4.69) is 41.9 Å². The van der Waals surface area contributed by atoms with E-state index in [1.165, 1.54) is 11.1 Å². The van der Waals surface area contributed by atoms with Crippen LogP contribution in [0, 0.1) is 20.8 Å². The Morgan fingerprint density at radius 1 is 1.00 bits per heavy atom. The molecule has 2 rings (SSSR count). The summed E-state index contributed by atoms with van der Waals surface area (Å²) in [5.74, 6) is 0.183. The van der Waals surface area contributed by atoms with Crippen LogP contribution in [0.5, 0.6) is 0 Å². The fourth-order valence-electron chi connectivity index (χ4n) is 2.32. The van der Waals surface area contributed by atoms with E-state index in [9.17, 15) is 4.79 Å². The van der Waals surface area contributed by atoms with Crippen molar-refractivity contribution in [1.29, 1.82) is 0 Å². The van der Waals surface area contributed by atoms with Gasteiger partial charge in [0.25, 0.3) is 0 Å². The van der Waals surface area contributed by atoms with Crippen LogP contribution >= 0.6 is 15.9 Å². The molecule has 2 aromatic rings. The van der Waals surface area contributed by atoms with Crippen LogP contribution in [-0.2, 0) is 6.42 Å². The number of carbonyl (C=O) groups excluding carboxylic acids is 1. The van der Waals surface area contributed by atoms with Crippen LogP contribution in [-0.4, -0.2) is 5.78 Å². The van der Waals surface area contributed by atoms with E-state index in [4.69, 9.17) is 0 Å². The number of rotatable bonds is 3. The average Bonchev–Trinajstić information content (AvgIpc) is 2.33. The zero-order valence-corrected chi connectivity index (χ0v) is 13.0. The molecule has 0 atom stereocenters. The van der Waals surface area contributed by atoms with E-state index in [-0.39, 0.29) is 5.78 Å². The molecule has 0 bridgehead atoms. The molecule has 0 N–H and O–H groups in total. The van der Waals surface area contributed by atoms with Gasteiger partial charge in [0.2, 0.25) is 0 Å². The number of hydrogen-bond acceptors (Lipinski definition) is 1. The maximum atomic E-state index is 12.4. The smallest absolute Gasteiger partial charge is 0.167 e. The van der Waals surface area contributed by atoms with Crippen molar-refractivity contribution < 1.29 is 4.79 Å². The van der Waals surface area contributed by atoms with Crippen molar-refractivity contribution in [2.24, 2.45) is 0 Å². The predicted molar refractivity (Wildman–Crippen MR) is 82.8 cm³/mol. The first-order chi connectivity index (χ1) is 8.99. The lowest BCUT2D eigenvalue weighted by Crippen LogP contribution is -2.08. The Labute approximate surface area is 122 Å². The SMILES string of the molecule is Cc1cc(Br)ccc1C(=O)Cc1c(C)cccc1C. The van der Waals surface area contributed by atoms with Gasteiger partial charge in [-0.25, -0.2) is 0 Å². The Bertz CT molecular complexity index is 609. The van der Waals surface area contributed by atoms with Crippen LogP contribution in [0.15, 0.2) is 40.9 Å². The van der Waals surface area contributed by atoms with Crippen LogP contribution in [0.25, 0.3) is 0 Å². The molecule has 2 heteroatoms. The van der Waals surface area contributed by atoms with Crippen molar-refractivity contribution in [3.63, 3.8) is 0 Å². The van der Waals surface area contributed by atoms with E-state index in [1.807, 2.05) is 31.2 Å². The summed E-state index contributed by atoms with van der Waals surface area (Å²) < 4.78 is 1.01. The summed E-state index contributed by atoms with van der Waals surface area (Å²) in [4.78, 5) is 12.4. The summed E-state index contributed by atoms with van der Waals surface area (Å²) in [5.41, 5.74) is 5.34. The molecule has 19 heavy (non-hydrogen) atoms. The highest BCUT2D eigenvalue weighted by atomic mass is 79.9. The standard InChI is InChI=1S/C17H17BrO/c1-11-5-4-6-12(2)16(11)10-17(19)15-8-7-14(18)9-13(15)3/h4-9H,10H2,1-3H3. The molecule has 2 aromatic carbocycles. The largest absolute Gasteiger partial charge is 0.294 e. The molecule has 0 aromatic heterocycles. The molecule has 0 saturated carbocycles. The van der Waals surface area contributed by atoms with Gasteiger partial charge in [-0.15, -0.1) is 0 Å². The normalized spacial score (nSPS) is 10.5. The lowest BCUT2D eigenvalue weighted by Gasteiger charge is -2.10. The topological polar surface area (TPSA) is 17.1 Å². The fraction of sp³-hybridized carbons (Fsp3) is 0.235. The number of carbonyl (C=O) groups is 1. The molecule has 0 amide bonds. The summed E-state index contributed by atoms with van der Waals surface area (Å²) in [7, 11) is 0. The third-order valence-corrected chi connectivity index (χ3v) is 3.96. The second-order valence-corrected chi connectivity index (χ2v) is 5.85. The van der Waals surface area contributed by atoms with Crippen molar-refractivity contribution in [1.82, 2.24) is 0 Å². The summed E-state index contributed by atoms with van der Waals surface area (Å²) in [5, 5.41) is 0. The highest BCUT2D eigenvalue weighted by Gasteiger charge is 2.12. The van der Waals surface area contributed by atoms with Crippen LogP contribution < -0.4 is 0 Å². The maximum Gasteiger partial charge on any atom is 0.167 e. The highest BCUT2D eigenvalue weighted by molar-refractivity contribution is 9.10. The van der Waals surface area contributed by atoms with Gasteiger partial charge in [-0.2, -0.15) is 0 Å². The molecule has 0 aliphatic heterocycles. The van der Waals surface area contributed by atoms with Gasteiger partial charge < -0.3 is 0 Å². The molecule has 1 nitrogen and oxygen atoms in total. The molecule has 0 unspecified atom stereocenters. The molecule has 0 aliphatic carbocycles. The molecule has 0 heterocycles. The Balaban J connectivity index is 2.31.